The maximum absolute atomic E-state index is 12.9. The Bertz CT molecular complexity index is 1290. The third-order valence-electron chi connectivity index (χ3n) is 4.25. The zero-order valence-corrected chi connectivity index (χ0v) is 16.7. The molecule has 2 heterocycles. The molecule has 7 heteroatoms. The quantitative estimate of drug-likeness (QED) is 0.528. The van der Waals surface area contributed by atoms with E-state index in [4.69, 9.17) is 4.74 Å². The van der Waals surface area contributed by atoms with Gasteiger partial charge in [0.1, 0.15) is 0 Å². The van der Waals surface area contributed by atoms with Gasteiger partial charge in [0.2, 0.25) is 0 Å². The summed E-state index contributed by atoms with van der Waals surface area (Å²) in [5.74, 6) is 0.376. The lowest BCUT2D eigenvalue weighted by atomic mass is 10.1. The van der Waals surface area contributed by atoms with E-state index in [2.05, 4.69) is 27.0 Å². The predicted octanol–water partition coefficient (Wildman–Crippen LogP) is 3.55. The highest BCUT2D eigenvalue weighted by atomic mass is 79.9. The number of halogens is 1. The Labute approximate surface area is 161 Å². The van der Waals surface area contributed by atoms with E-state index in [0.29, 0.717) is 19.7 Å². The summed E-state index contributed by atoms with van der Waals surface area (Å²) in [5.41, 5.74) is 4.51. The molecule has 0 unspecified atom stereocenters. The minimum atomic E-state index is -0.0966. The molecular formula is C19H15BrN2O3S. The van der Waals surface area contributed by atoms with Gasteiger partial charge in [-0.1, -0.05) is 17.4 Å². The van der Waals surface area contributed by atoms with E-state index < -0.39 is 0 Å². The minimum Gasteiger partial charge on any atom is -0.503 e. The summed E-state index contributed by atoms with van der Waals surface area (Å²) < 4.78 is 7.92. The Kier molecular flexibility index (Phi) is 4.00. The number of phenolic OH excluding ortho intramolecular Hbond substituents is 1. The lowest BCUT2D eigenvalue weighted by Crippen LogP contribution is -2.22. The van der Waals surface area contributed by atoms with Crippen LogP contribution >= 0.6 is 27.3 Å². The van der Waals surface area contributed by atoms with Crippen LogP contribution in [0.2, 0.25) is 0 Å². The van der Waals surface area contributed by atoms with Crippen LogP contribution in [0.3, 0.4) is 0 Å². The Morgan fingerprint density at radius 2 is 2.04 bits per heavy atom. The van der Waals surface area contributed by atoms with Crippen LogP contribution in [0.4, 0.5) is 0 Å². The Morgan fingerprint density at radius 3 is 2.77 bits per heavy atom. The van der Waals surface area contributed by atoms with E-state index in [0.717, 1.165) is 27.7 Å². The number of aromatic hydroxyl groups is 1. The fraction of sp³-hybridized carbons (Fsp3) is 0.158. The molecule has 2 aromatic heterocycles. The van der Waals surface area contributed by atoms with E-state index in [1.165, 1.54) is 18.4 Å². The van der Waals surface area contributed by atoms with Crippen LogP contribution in [0.25, 0.3) is 22.1 Å². The predicted molar refractivity (Wildman–Crippen MR) is 107 cm³/mol. The van der Waals surface area contributed by atoms with Crippen molar-refractivity contribution in [3.63, 3.8) is 0 Å². The third kappa shape index (κ3) is 2.59. The first kappa shape index (κ1) is 17.1. The summed E-state index contributed by atoms with van der Waals surface area (Å²) in [6, 6.07) is 7.48. The molecule has 4 rings (SSSR count). The Hall–Kier alpha value is -2.38. The van der Waals surface area contributed by atoms with Gasteiger partial charge in [-0.05, 0) is 70.7 Å². The average Bonchev–Trinajstić information content (AvgIpc) is 3.08. The van der Waals surface area contributed by atoms with Crippen LogP contribution < -0.4 is 14.8 Å². The largest absolute Gasteiger partial charge is 0.503 e. The van der Waals surface area contributed by atoms with Crippen molar-refractivity contribution in [2.75, 3.05) is 7.11 Å². The van der Waals surface area contributed by atoms with Gasteiger partial charge in [0.05, 0.1) is 27.1 Å². The number of thiazole rings is 1. The summed E-state index contributed by atoms with van der Waals surface area (Å²) in [4.78, 5) is 18.3. The van der Waals surface area contributed by atoms with Crippen molar-refractivity contribution in [3.8, 4) is 11.5 Å². The van der Waals surface area contributed by atoms with Crippen LogP contribution in [-0.4, -0.2) is 21.6 Å². The lowest BCUT2D eigenvalue weighted by molar-refractivity contribution is 0.372. The molecule has 4 aromatic rings. The van der Waals surface area contributed by atoms with Crippen LogP contribution in [0.15, 0.2) is 33.5 Å². The monoisotopic (exact) mass is 430 g/mol. The van der Waals surface area contributed by atoms with Gasteiger partial charge >= 0.3 is 0 Å². The number of aryl methyl sites for hydroxylation is 2. The fourth-order valence-electron chi connectivity index (χ4n) is 3.09. The summed E-state index contributed by atoms with van der Waals surface area (Å²) in [6.07, 6.45) is 1.78. The van der Waals surface area contributed by atoms with Gasteiger partial charge < -0.3 is 9.84 Å². The van der Waals surface area contributed by atoms with E-state index in [-0.39, 0.29) is 11.3 Å². The number of nitrogens with zero attached hydrogens (tertiary/aromatic N) is 2. The molecule has 1 N–H and O–H groups in total. The van der Waals surface area contributed by atoms with Gasteiger partial charge in [-0.15, -0.1) is 0 Å². The number of hydrogen-bond acceptors (Lipinski definition) is 5. The van der Waals surface area contributed by atoms with Gasteiger partial charge in [0.15, 0.2) is 16.5 Å². The van der Waals surface area contributed by atoms with Crippen LogP contribution in [0, 0.1) is 13.8 Å². The van der Waals surface area contributed by atoms with Crippen molar-refractivity contribution in [1.82, 2.24) is 9.38 Å². The summed E-state index contributed by atoms with van der Waals surface area (Å²) in [6.45, 7) is 4.01. The molecule has 0 amide bonds. The molecule has 0 fully saturated rings. The topological polar surface area (TPSA) is 63.8 Å². The van der Waals surface area contributed by atoms with Crippen LogP contribution in [-0.2, 0) is 0 Å². The second kappa shape index (κ2) is 6.10. The van der Waals surface area contributed by atoms with Crippen molar-refractivity contribution < 1.29 is 9.84 Å². The number of phenols is 1. The highest BCUT2D eigenvalue weighted by molar-refractivity contribution is 9.10. The van der Waals surface area contributed by atoms with E-state index >= 15 is 0 Å². The minimum absolute atomic E-state index is 0.0323. The molecular weight excluding hydrogens is 416 g/mol. The first-order valence-electron chi connectivity index (χ1n) is 7.89. The zero-order chi connectivity index (χ0) is 18.6. The number of methoxy groups -OCH3 is 1. The second-order valence-electron chi connectivity index (χ2n) is 6.15. The number of aromatic nitrogens is 2. The zero-order valence-electron chi connectivity index (χ0n) is 14.3. The Balaban J connectivity index is 1.99. The van der Waals surface area contributed by atoms with Gasteiger partial charge in [0.25, 0.3) is 5.56 Å². The van der Waals surface area contributed by atoms with E-state index in [1.54, 1.807) is 22.6 Å². The lowest BCUT2D eigenvalue weighted by Gasteiger charge is -2.06. The maximum Gasteiger partial charge on any atom is 0.274 e. The standard InChI is InChI=1S/C19H15BrN2O3S/c1-9-4-10(2)16-13(5-9)22-18(24)15(26-19(22)21-16)8-11-6-12(20)17(23)14(7-11)25-3/h4-8,23H,1-3H3. The first-order chi connectivity index (χ1) is 12.4. The summed E-state index contributed by atoms with van der Waals surface area (Å²) >= 11 is 4.65. The second-order valence-corrected chi connectivity index (χ2v) is 8.01. The van der Waals surface area contributed by atoms with E-state index in [1.807, 2.05) is 19.9 Å². The van der Waals surface area contributed by atoms with Gasteiger partial charge in [-0.3, -0.25) is 4.79 Å². The van der Waals surface area contributed by atoms with Crippen LogP contribution in [0.1, 0.15) is 16.7 Å². The molecule has 0 saturated heterocycles. The van der Waals surface area contributed by atoms with E-state index in [9.17, 15) is 9.90 Å². The number of hydrogen-bond donors (Lipinski definition) is 1. The molecule has 0 aliphatic heterocycles. The number of fused-ring (bicyclic) bond motifs is 3. The van der Waals surface area contributed by atoms with Gasteiger partial charge in [0, 0.05) is 0 Å². The number of ether oxygens (including phenoxy) is 1. The molecule has 0 aliphatic carbocycles. The number of imidazole rings is 1. The molecule has 5 nitrogen and oxygen atoms in total. The maximum atomic E-state index is 12.9. The number of benzene rings is 2. The molecule has 0 atom stereocenters. The number of rotatable bonds is 2. The SMILES string of the molecule is COc1cc(C=c2sc3nc4c(C)cc(C)cc4n3c2=O)cc(Br)c1O. The molecule has 26 heavy (non-hydrogen) atoms. The molecule has 0 radical (unpaired) electrons. The van der Waals surface area contributed by atoms with Gasteiger partial charge in [-0.2, -0.15) is 0 Å². The van der Waals surface area contributed by atoms with Crippen molar-refractivity contribution in [2.24, 2.45) is 0 Å². The Morgan fingerprint density at radius 1 is 1.27 bits per heavy atom. The first-order valence-corrected chi connectivity index (χ1v) is 9.50. The van der Waals surface area contributed by atoms with Crippen molar-refractivity contribution in [2.45, 2.75) is 13.8 Å². The van der Waals surface area contributed by atoms with Crippen molar-refractivity contribution in [3.05, 3.63) is 60.3 Å². The van der Waals surface area contributed by atoms with Crippen LogP contribution in [0.5, 0.6) is 11.5 Å². The van der Waals surface area contributed by atoms with Crippen molar-refractivity contribution in [1.29, 1.82) is 0 Å². The molecule has 2 aromatic carbocycles. The highest BCUT2D eigenvalue weighted by Gasteiger charge is 2.14. The average molecular weight is 431 g/mol. The summed E-state index contributed by atoms with van der Waals surface area (Å²) in [7, 11) is 1.49. The highest BCUT2D eigenvalue weighted by Crippen LogP contribution is 2.35. The van der Waals surface area contributed by atoms with Gasteiger partial charge in [-0.25, -0.2) is 9.38 Å². The fourth-order valence-corrected chi connectivity index (χ4v) is 4.53. The third-order valence-corrected chi connectivity index (χ3v) is 5.82. The summed E-state index contributed by atoms with van der Waals surface area (Å²) in [5, 5.41) is 9.94. The smallest absolute Gasteiger partial charge is 0.274 e. The van der Waals surface area contributed by atoms with Crippen molar-refractivity contribution >= 4 is 49.3 Å². The molecule has 0 saturated carbocycles. The molecule has 0 bridgehead atoms. The molecule has 0 aliphatic rings. The molecule has 0 spiro atoms. The molecule has 132 valence electrons. The normalized spacial score (nSPS) is 12.4.